The minimum atomic E-state index is -0.0700. The van der Waals surface area contributed by atoms with Gasteiger partial charge in [-0.15, -0.1) is 0 Å². The topological polar surface area (TPSA) is 56.8 Å². The van der Waals surface area contributed by atoms with E-state index >= 15 is 0 Å². The van der Waals surface area contributed by atoms with E-state index in [0.717, 1.165) is 44.8 Å². The minimum Gasteiger partial charge on any atom is -0.497 e. The fourth-order valence-electron chi connectivity index (χ4n) is 4.64. The zero-order chi connectivity index (χ0) is 18.1. The molecule has 0 spiro atoms. The Hall–Kier alpha value is -1.63. The van der Waals surface area contributed by atoms with Crippen LogP contribution in [0, 0.1) is 5.92 Å². The second-order valence-electron chi connectivity index (χ2n) is 8.11. The molecule has 4 saturated heterocycles. The van der Waals surface area contributed by atoms with Gasteiger partial charge in [0.1, 0.15) is 11.8 Å². The number of hydrazine groups is 1. The van der Waals surface area contributed by atoms with Crippen LogP contribution >= 0.6 is 0 Å². The molecule has 4 atom stereocenters. The molecule has 6 nitrogen and oxygen atoms in total. The van der Waals surface area contributed by atoms with Gasteiger partial charge in [-0.25, -0.2) is 5.43 Å². The lowest BCUT2D eigenvalue weighted by Crippen LogP contribution is -2.53. The third kappa shape index (κ3) is 3.72. The SMILES string of the molecule is COc1ccc(CN2C[C@@H]3CC[C@H](C2)N(C(=O)C2CC(C)NN2)C3)cc1. The first-order valence-corrected chi connectivity index (χ1v) is 9.79. The molecular weight excluding hydrogens is 328 g/mol. The van der Waals surface area contributed by atoms with E-state index in [2.05, 4.69) is 39.7 Å². The summed E-state index contributed by atoms with van der Waals surface area (Å²) in [4.78, 5) is 17.7. The number of hydrogen-bond donors (Lipinski definition) is 2. The summed E-state index contributed by atoms with van der Waals surface area (Å²) in [6.45, 7) is 6.03. The van der Waals surface area contributed by atoms with Crippen molar-refractivity contribution in [1.82, 2.24) is 20.7 Å². The lowest BCUT2D eigenvalue weighted by atomic mass is 9.94. The van der Waals surface area contributed by atoms with E-state index in [1.165, 1.54) is 12.0 Å². The van der Waals surface area contributed by atoms with Crippen molar-refractivity contribution in [2.45, 2.75) is 50.9 Å². The first-order chi connectivity index (χ1) is 12.6. The van der Waals surface area contributed by atoms with Crippen LogP contribution in [0.5, 0.6) is 5.75 Å². The largest absolute Gasteiger partial charge is 0.497 e. The van der Waals surface area contributed by atoms with Crippen molar-refractivity contribution in [2.24, 2.45) is 5.92 Å². The Bertz CT molecular complexity index is 635. The van der Waals surface area contributed by atoms with E-state index in [1.54, 1.807) is 7.11 Å². The van der Waals surface area contributed by atoms with Crippen molar-refractivity contribution in [3.8, 4) is 5.75 Å². The van der Waals surface area contributed by atoms with Gasteiger partial charge in [-0.3, -0.25) is 15.1 Å². The molecule has 142 valence electrons. The van der Waals surface area contributed by atoms with Crippen LogP contribution < -0.4 is 15.6 Å². The molecule has 0 aliphatic carbocycles. The molecule has 6 heteroatoms. The second kappa shape index (κ2) is 7.55. The van der Waals surface area contributed by atoms with E-state index in [0.29, 0.717) is 18.0 Å². The first kappa shape index (κ1) is 17.8. The summed E-state index contributed by atoms with van der Waals surface area (Å²) in [5.41, 5.74) is 7.67. The normalized spacial score (nSPS) is 31.8. The van der Waals surface area contributed by atoms with Crippen LogP contribution in [-0.2, 0) is 11.3 Å². The van der Waals surface area contributed by atoms with Crippen molar-refractivity contribution in [1.29, 1.82) is 0 Å². The predicted molar refractivity (Wildman–Crippen MR) is 101 cm³/mol. The lowest BCUT2D eigenvalue weighted by Gasteiger charge is -2.37. The number of nitrogens with zero attached hydrogens (tertiary/aromatic N) is 2. The van der Waals surface area contributed by atoms with Crippen molar-refractivity contribution >= 4 is 5.91 Å². The fraction of sp³-hybridized carbons (Fsp3) is 0.650. The quantitative estimate of drug-likeness (QED) is 0.852. The number of nitrogens with one attached hydrogen (secondary N) is 2. The number of hydrogen-bond acceptors (Lipinski definition) is 5. The van der Waals surface area contributed by atoms with Gasteiger partial charge in [-0.05, 0) is 49.8 Å². The van der Waals surface area contributed by atoms with Gasteiger partial charge in [0, 0.05) is 38.3 Å². The molecule has 26 heavy (non-hydrogen) atoms. The van der Waals surface area contributed by atoms with E-state index in [-0.39, 0.29) is 11.9 Å². The maximum absolute atomic E-state index is 13.0. The molecular formula is C20H30N4O2. The third-order valence-electron chi connectivity index (χ3n) is 6.03. The van der Waals surface area contributed by atoms with Crippen LogP contribution in [-0.4, -0.2) is 60.6 Å². The first-order valence-electron chi connectivity index (χ1n) is 9.79. The molecule has 0 saturated carbocycles. The Balaban J connectivity index is 1.41. The van der Waals surface area contributed by atoms with Crippen LogP contribution in [0.4, 0.5) is 0 Å². The van der Waals surface area contributed by atoms with Crippen LogP contribution in [0.15, 0.2) is 24.3 Å². The third-order valence-corrected chi connectivity index (χ3v) is 6.03. The van der Waals surface area contributed by atoms with Crippen molar-refractivity contribution in [3.05, 3.63) is 29.8 Å². The molecule has 2 bridgehead atoms. The number of carbonyl (C=O) groups excluding carboxylic acids is 1. The van der Waals surface area contributed by atoms with Gasteiger partial charge in [-0.1, -0.05) is 12.1 Å². The second-order valence-corrected chi connectivity index (χ2v) is 8.11. The Kier molecular flexibility index (Phi) is 5.16. The molecule has 4 heterocycles. The maximum Gasteiger partial charge on any atom is 0.241 e. The van der Waals surface area contributed by atoms with Crippen molar-refractivity contribution < 1.29 is 9.53 Å². The molecule has 5 rings (SSSR count). The molecule has 4 aliphatic rings. The summed E-state index contributed by atoms with van der Waals surface area (Å²) >= 11 is 0. The highest BCUT2D eigenvalue weighted by Gasteiger charge is 2.40. The highest BCUT2D eigenvalue weighted by molar-refractivity contribution is 5.82. The van der Waals surface area contributed by atoms with Crippen molar-refractivity contribution in [2.75, 3.05) is 26.7 Å². The van der Waals surface area contributed by atoms with Crippen LogP contribution in [0.3, 0.4) is 0 Å². The monoisotopic (exact) mass is 358 g/mol. The number of amides is 1. The number of benzene rings is 1. The van der Waals surface area contributed by atoms with Gasteiger partial charge in [0.2, 0.25) is 5.91 Å². The number of fused-ring (bicyclic) bond motifs is 4. The van der Waals surface area contributed by atoms with Gasteiger partial charge in [0.05, 0.1) is 7.11 Å². The van der Waals surface area contributed by atoms with Gasteiger partial charge >= 0.3 is 0 Å². The fourth-order valence-corrected chi connectivity index (χ4v) is 4.64. The summed E-state index contributed by atoms with van der Waals surface area (Å²) in [5.74, 6) is 1.76. The highest BCUT2D eigenvalue weighted by atomic mass is 16.5. The molecule has 0 aromatic heterocycles. The van der Waals surface area contributed by atoms with E-state index in [4.69, 9.17) is 4.74 Å². The number of methoxy groups -OCH3 is 1. The molecule has 4 fully saturated rings. The van der Waals surface area contributed by atoms with Crippen molar-refractivity contribution in [3.63, 3.8) is 0 Å². The lowest BCUT2D eigenvalue weighted by molar-refractivity contribution is -0.137. The molecule has 2 N–H and O–H groups in total. The smallest absolute Gasteiger partial charge is 0.241 e. The Morgan fingerprint density at radius 3 is 2.65 bits per heavy atom. The summed E-state index contributed by atoms with van der Waals surface area (Å²) in [6, 6.07) is 8.97. The standard InChI is InChI=1S/C20H30N4O2/c1-14-9-19(22-21-14)20(25)24-12-16-3-6-17(24)13-23(11-16)10-15-4-7-18(26-2)8-5-15/h4-5,7-8,14,16-17,19,21-22H,3,6,9-13H2,1-2H3/t14?,16-,17+,19?/m0/s1. The molecule has 1 aromatic carbocycles. The van der Waals surface area contributed by atoms with Crippen LogP contribution in [0.2, 0.25) is 0 Å². The molecule has 1 amide bonds. The average molecular weight is 358 g/mol. The predicted octanol–water partition coefficient (Wildman–Crippen LogP) is 1.37. The van der Waals surface area contributed by atoms with E-state index in [1.807, 2.05) is 12.1 Å². The Morgan fingerprint density at radius 1 is 1.15 bits per heavy atom. The Labute approximate surface area is 155 Å². The Morgan fingerprint density at radius 2 is 1.96 bits per heavy atom. The number of rotatable bonds is 4. The van der Waals surface area contributed by atoms with E-state index in [9.17, 15) is 4.79 Å². The van der Waals surface area contributed by atoms with Gasteiger partial charge < -0.3 is 9.64 Å². The summed E-state index contributed by atoms with van der Waals surface area (Å²) < 4.78 is 5.25. The maximum atomic E-state index is 13.0. The molecule has 1 aromatic rings. The van der Waals surface area contributed by atoms with Crippen LogP contribution in [0.25, 0.3) is 0 Å². The highest BCUT2D eigenvalue weighted by Crippen LogP contribution is 2.30. The summed E-state index contributed by atoms with van der Waals surface area (Å²) in [6.07, 6.45) is 3.24. The number of ether oxygens (including phenoxy) is 1. The van der Waals surface area contributed by atoms with E-state index < -0.39 is 0 Å². The molecule has 0 radical (unpaired) electrons. The molecule has 2 unspecified atom stereocenters. The van der Waals surface area contributed by atoms with Crippen LogP contribution in [0.1, 0.15) is 31.7 Å². The summed E-state index contributed by atoms with van der Waals surface area (Å²) in [7, 11) is 1.70. The zero-order valence-electron chi connectivity index (χ0n) is 15.8. The number of carbonyl (C=O) groups is 1. The van der Waals surface area contributed by atoms with Gasteiger partial charge in [-0.2, -0.15) is 0 Å². The zero-order valence-corrected chi connectivity index (χ0v) is 15.8. The van der Waals surface area contributed by atoms with Gasteiger partial charge in [0.15, 0.2) is 0 Å². The molecule has 4 aliphatic heterocycles. The van der Waals surface area contributed by atoms with Gasteiger partial charge in [0.25, 0.3) is 0 Å². The summed E-state index contributed by atoms with van der Waals surface area (Å²) in [5, 5.41) is 0. The minimum absolute atomic E-state index is 0.0700. The average Bonchev–Trinajstić information content (AvgIpc) is 2.90. The number of piperidine rings is 1.